The quantitative estimate of drug-likeness (QED) is 0.132. The summed E-state index contributed by atoms with van der Waals surface area (Å²) < 4.78 is 111. The van der Waals surface area contributed by atoms with Crippen molar-refractivity contribution in [2.24, 2.45) is 18.9 Å². The van der Waals surface area contributed by atoms with Gasteiger partial charge in [0.05, 0.1) is 23.7 Å². The molecular formula is C33H33F8N7O. The molecule has 0 N–H and O–H groups in total. The van der Waals surface area contributed by atoms with Gasteiger partial charge in [-0.25, -0.2) is 13.8 Å². The summed E-state index contributed by atoms with van der Waals surface area (Å²) in [5.74, 6) is -1.20. The van der Waals surface area contributed by atoms with E-state index in [-0.39, 0.29) is 47.0 Å². The molecule has 2 aliphatic rings. The van der Waals surface area contributed by atoms with Gasteiger partial charge in [-0.2, -0.15) is 31.1 Å². The van der Waals surface area contributed by atoms with Gasteiger partial charge in [-0.15, -0.1) is 5.10 Å². The number of hydrogen-bond acceptors (Lipinski definition) is 7. The normalized spacial score (nSPS) is 20.3. The van der Waals surface area contributed by atoms with Gasteiger partial charge in [-0.05, 0) is 91.5 Å². The minimum Gasteiger partial charge on any atom is -0.353 e. The Balaban J connectivity index is 1.42. The van der Waals surface area contributed by atoms with Crippen LogP contribution in [-0.2, 0) is 37.3 Å². The summed E-state index contributed by atoms with van der Waals surface area (Å²) in [4.78, 5) is 20.5. The fraction of sp³-hybridized carbons (Fsp3) is 0.485. The zero-order valence-electron chi connectivity index (χ0n) is 26.4. The highest BCUT2D eigenvalue weighted by Crippen LogP contribution is 2.41. The second kappa shape index (κ2) is 13.5. The van der Waals surface area contributed by atoms with Gasteiger partial charge in [0.1, 0.15) is 12.1 Å². The van der Waals surface area contributed by atoms with Crippen molar-refractivity contribution in [3.8, 4) is 0 Å². The second-order valence-electron chi connectivity index (χ2n) is 12.9. The highest BCUT2D eigenvalue weighted by atomic mass is 19.4. The van der Waals surface area contributed by atoms with Crippen molar-refractivity contribution in [1.29, 1.82) is 0 Å². The van der Waals surface area contributed by atoms with Crippen LogP contribution in [0, 0.1) is 23.5 Å². The molecule has 1 saturated heterocycles. The van der Waals surface area contributed by atoms with Gasteiger partial charge < -0.3 is 14.6 Å². The molecule has 49 heavy (non-hydrogen) atoms. The maximum Gasteiger partial charge on any atom is 0.416 e. The zero-order chi connectivity index (χ0) is 35.1. The molecule has 8 nitrogen and oxygen atoms in total. The minimum atomic E-state index is -5.04. The molecule has 0 spiro atoms. The van der Waals surface area contributed by atoms with E-state index in [1.54, 1.807) is 6.07 Å². The number of anilines is 2. The Morgan fingerprint density at radius 1 is 0.878 bits per heavy atom. The molecule has 3 heterocycles. The topological polar surface area (TPSA) is 80.0 Å². The first-order valence-corrected chi connectivity index (χ1v) is 16.0. The number of halogens is 8. The largest absolute Gasteiger partial charge is 0.416 e. The van der Waals surface area contributed by atoms with E-state index in [2.05, 4.69) is 20.3 Å². The number of alkyl halides is 6. The number of aromatic nitrogens is 5. The molecule has 0 radical (unpaired) electrons. The predicted octanol–water partition coefficient (Wildman–Crippen LogP) is 7.65. The Morgan fingerprint density at radius 2 is 1.55 bits per heavy atom. The number of rotatable bonds is 9. The average Bonchev–Trinajstić information content (AvgIpc) is 3.70. The maximum absolute atomic E-state index is 14.4. The van der Waals surface area contributed by atoms with Crippen LogP contribution in [0.2, 0.25) is 0 Å². The van der Waals surface area contributed by atoms with E-state index in [0.717, 1.165) is 61.7 Å². The number of carbonyl (C=O) groups excluding carboxylic acids is 1. The van der Waals surface area contributed by atoms with Gasteiger partial charge >= 0.3 is 12.4 Å². The third kappa shape index (κ3) is 7.62. The van der Waals surface area contributed by atoms with E-state index >= 15 is 0 Å². The van der Waals surface area contributed by atoms with Gasteiger partial charge in [0.25, 0.3) is 5.95 Å². The Labute approximate surface area is 276 Å². The number of benzene rings is 2. The van der Waals surface area contributed by atoms with E-state index < -0.39 is 41.7 Å². The van der Waals surface area contributed by atoms with Crippen molar-refractivity contribution in [2.45, 2.75) is 76.4 Å². The average molecular weight is 696 g/mol. The van der Waals surface area contributed by atoms with Crippen molar-refractivity contribution in [1.82, 2.24) is 25.2 Å². The number of carbonyl (C=O) groups is 1. The van der Waals surface area contributed by atoms with E-state index in [9.17, 15) is 39.9 Å². The summed E-state index contributed by atoms with van der Waals surface area (Å²) in [5.41, 5.74) is -2.56. The molecule has 262 valence electrons. The molecule has 1 saturated carbocycles. The minimum absolute atomic E-state index is 0.0482. The first-order valence-electron chi connectivity index (χ1n) is 16.0. The Kier molecular flexibility index (Phi) is 9.50. The molecule has 1 aliphatic carbocycles. The van der Waals surface area contributed by atoms with Gasteiger partial charge in [0, 0.05) is 49.1 Å². The first kappa shape index (κ1) is 34.5. The van der Waals surface area contributed by atoms with Gasteiger partial charge in [0.15, 0.2) is 11.6 Å². The third-order valence-corrected chi connectivity index (χ3v) is 9.51. The predicted molar refractivity (Wildman–Crippen MR) is 163 cm³/mol. The highest BCUT2D eigenvalue weighted by Gasteiger charge is 2.38. The van der Waals surface area contributed by atoms with Crippen molar-refractivity contribution < 1.29 is 39.9 Å². The first-order chi connectivity index (χ1) is 23.2. The smallest absolute Gasteiger partial charge is 0.353 e. The van der Waals surface area contributed by atoms with Gasteiger partial charge in [0.2, 0.25) is 0 Å². The van der Waals surface area contributed by atoms with Crippen LogP contribution in [0.25, 0.3) is 10.9 Å². The zero-order valence-corrected chi connectivity index (χ0v) is 26.4. The molecule has 1 aliphatic heterocycles. The third-order valence-electron chi connectivity index (χ3n) is 9.51. The van der Waals surface area contributed by atoms with E-state index in [0.29, 0.717) is 42.4 Å². The van der Waals surface area contributed by atoms with Crippen LogP contribution in [-0.4, -0.2) is 44.1 Å². The lowest BCUT2D eigenvalue weighted by atomic mass is 9.77. The summed E-state index contributed by atoms with van der Waals surface area (Å²) in [6.45, 7) is -0.0337. The fourth-order valence-electron chi connectivity index (χ4n) is 7.19. The number of aryl methyl sites for hydroxylation is 1. The summed E-state index contributed by atoms with van der Waals surface area (Å²) in [6, 6.07) is 5.00. The monoisotopic (exact) mass is 695 g/mol. The van der Waals surface area contributed by atoms with E-state index in [4.69, 9.17) is 4.98 Å². The number of aldehydes is 1. The molecule has 4 aromatic rings. The fourth-order valence-corrected chi connectivity index (χ4v) is 7.19. The lowest BCUT2D eigenvalue weighted by Crippen LogP contribution is -2.39. The molecular weight excluding hydrogens is 662 g/mol. The number of pyridine rings is 1. The van der Waals surface area contributed by atoms with Crippen molar-refractivity contribution >= 4 is 29.0 Å². The Morgan fingerprint density at radius 3 is 2.16 bits per heavy atom. The molecule has 0 bridgehead atoms. The maximum atomic E-state index is 14.4. The van der Waals surface area contributed by atoms with Crippen LogP contribution in [0.3, 0.4) is 0 Å². The van der Waals surface area contributed by atoms with Crippen molar-refractivity contribution in [3.05, 3.63) is 70.3 Å². The molecule has 1 atom stereocenters. The molecule has 6 rings (SSSR count). The van der Waals surface area contributed by atoms with Gasteiger partial charge in [-0.3, -0.25) is 0 Å². The summed E-state index contributed by atoms with van der Waals surface area (Å²) in [5, 5.41) is 12.2. The lowest BCUT2D eigenvalue weighted by Gasteiger charge is -2.38. The molecule has 0 amide bonds. The Hall–Kier alpha value is -4.37. The number of hydrogen-bond donors (Lipinski definition) is 0. The van der Waals surface area contributed by atoms with Crippen LogP contribution in [0.15, 0.2) is 36.4 Å². The lowest BCUT2D eigenvalue weighted by molar-refractivity contribution is -0.143. The van der Waals surface area contributed by atoms with Crippen LogP contribution in [0.1, 0.15) is 67.2 Å². The van der Waals surface area contributed by atoms with E-state index in [1.807, 2.05) is 0 Å². The molecule has 16 heteroatoms. The summed E-state index contributed by atoms with van der Waals surface area (Å²) >= 11 is 0. The number of nitrogens with zero attached hydrogens (tertiary/aromatic N) is 7. The Bertz CT molecular complexity index is 1790. The molecule has 2 fully saturated rings. The molecule has 0 unspecified atom stereocenters. The summed E-state index contributed by atoms with van der Waals surface area (Å²) in [6.07, 6.45) is -3.35. The number of fused-ring (bicyclic) bond motifs is 1. The summed E-state index contributed by atoms with van der Waals surface area (Å²) in [7, 11) is 1.46. The second-order valence-corrected chi connectivity index (χ2v) is 12.9. The molecule has 2 aromatic carbocycles. The van der Waals surface area contributed by atoms with Crippen LogP contribution in [0.5, 0.6) is 0 Å². The standard InChI is InChI=1S/C33H33F8N7O/c1-46-44-31(43-45-46)47(17-20-11-24(32(36,37)38)15-25(12-20)33(39,40)41)18-23-13-22-14-26(34)27(35)16-28(22)42-30(23)48-9-2-3-29(48)21-6-4-19(5-7-21)8-10-49/h10-16,19,21,29H,2-9,17-18H2,1H3/t19?,21?,29-/m1/s1. The highest BCUT2D eigenvalue weighted by molar-refractivity contribution is 5.82. The van der Waals surface area contributed by atoms with Crippen molar-refractivity contribution in [2.75, 3.05) is 16.3 Å². The number of tetrazole rings is 1. The molecule has 2 aromatic heterocycles. The SMILES string of the molecule is Cn1nnc(N(Cc2cc(C(F)(F)F)cc(C(F)(F)F)c2)Cc2cc3cc(F)c(F)cc3nc2N2CCC[C@@H]2C2CCC(CC=O)CC2)n1. The van der Waals surface area contributed by atoms with Crippen LogP contribution < -0.4 is 9.80 Å². The van der Waals surface area contributed by atoms with Crippen LogP contribution in [0.4, 0.5) is 46.9 Å². The van der Waals surface area contributed by atoms with E-state index in [1.165, 1.54) is 11.9 Å². The van der Waals surface area contributed by atoms with Crippen molar-refractivity contribution in [3.63, 3.8) is 0 Å². The van der Waals surface area contributed by atoms with Gasteiger partial charge in [-0.1, -0.05) is 5.10 Å². The van der Waals surface area contributed by atoms with Crippen LogP contribution >= 0.6 is 0 Å².